The Morgan fingerprint density at radius 3 is 2.65 bits per heavy atom. The number of nitrogens with one attached hydrogen (secondary N) is 1. The highest BCUT2D eigenvalue weighted by molar-refractivity contribution is 6.21. The van der Waals surface area contributed by atoms with E-state index in [4.69, 9.17) is 11.2 Å². The van der Waals surface area contributed by atoms with Crippen molar-refractivity contribution in [2.75, 3.05) is 32.8 Å². The smallest absolute Gasteiger partial charge is 0.412 e. The zero-order chi connectivity index (χ0) is 33.6. The van der Waals surface area contributed by atoms with Crippen LogP contribution in [0.1, 0.15) is 50.2 Å². The summed E-state index contributed by atoms with van der Waals surface area (Å²) in [4.78, 5) is 17.0. The van der Waals surface area contributed by atoms with Crippen molar-refractivity contribution in [3.05, 3.63) is 53.0 Å². The van der Waals surface area contributed by atoms with E-state index in [0.29, 0.717) is 30.5 Å². The number of likely N-dealkylation sites (tertiary alicyclic amines) is 1. The second-order valence-electron chi connectivity index (χ2n) is 14.1. The zero-order valence-electron chi connectivity index (χ0n) is 26.3. The number of benzene rings is 2. The van der Waals surface area contributed by atoms with Crippen molar-refractivity contribution in [2.45, 2.75) is 75.0 Å². The Bertz CT molecular complexity index is 1850. The van der Waals surface area contributed by atoms with Gasteiger partial charge in [-0.15, -0.1) is 6.42 Å². The first-order chi connectivity index (χ1) is 22.9. The van der Waals surface area contributed by atoms with E-state index in [1.165, 1.54) is 19.1 Å². The summed E-state index contributed by atoms with van der Waals surface area (Å²) in [5.41, 5.74) is -3.63. The van der Waals surface area contributed by atoms with E-state index in [9.17, 15) is 9.50 Å². The lowest BCUT2D eigenvalue weighted by Gasteiger charge is -2.47. The first kappa shape index (κ1) is 31.3. The van der Waals surface area contributed by atoms with E-state index >= 15 is 17.6 Å². The molecule has 2 N–H and O–H groups in total. The van der Waals surface area contributed by atoms with Gasteiger partial charge in [0.2, 0.25) is 0 Å². The molecule has 252 valence electrons. The van der Waals surface area contributed by atoms with Gasteiger partial charge in [0.15, 0.2) is 11.9 Å². The van der Waals surface area contributed by atoms with Gasteiger partial charge < -0.3 is 20.1 Å². The zero-order valence-corrected chi connectivity index (χ0v) is 26.3. The van der Waals surface area contributed by atoms with Crippen LogP contribution in [-0.2, 0) is 4.74 Å². The minimum absolute atomic E-state index is 0.0122. The van der Waals surface area contributed by atoms with E-state index in [1.54, 1.807) is 23.1 Å². The van der Waals surface area contributed by atoms with Crippen LogP contribution in [0.3, 0.4) is 0 Å². The quantitative estimate of drug-likeness (QED) is 0.346. The molecule has 13 heteroatoms. The molecular formula is C35H35F5N6O2. The lowest BCUT2D eigenvalue weighted by molar-refractivity contribution is -0.161. The van der Waals surface area contributed by atoms with Crippen LogP contribution in [0.5, 0.6) is 5.75 Å². The third-order valence-corrected chi connectivity index (χ3v) is 11.0. The summed E-state index contributed by atoms with van der Waals surface area (Å²) in [5.74, 6) is 1.13. The molecule has 8 rings (SSSR count). The van der Waals surface area contributed by atoms with Crippen LogP contribution in [-0.4, -0.2) is 101 Å². The SMILES string of the molecule is C#Cc1cccc2cc(O)cc(C3=NC(C(F)(F)F)C4(C)C(N5CC6CCC(C5)N6)=NC(OC[C@@]56CCCN5C[C@H](F)C6)=NC4=C3F)c12. The molecule has 6 heterocycles. The number of terminal acetylenes is 1. The number of rotatable bonds is 3. The first-order valence-electron chi connectivity index (χ1n) is 16.4. The van der Waals surface area contributed by atoms with Gasteiger partial charge in [0, 0.05) is 54.7 Å². The number of alkyl halides is 4. The van der Waals surface area contributed by atoms with E-state index in [0.717, 1.165) is 25.8 Å². The highest BCUT2D eigenvalue weighted by Gasteiger charge is 2.62. The number of nitrogens with zero attached hydrogens (tertiary/aromatic N) is 5. The molecule has 0 saturated carbocycles. The van der Waals surface area contributed by atoms with E-state index in [-0.39, 0.29) is 60.2 Å². The highest BCUT2D eigenvalue weighted by atomic mass is 19.4. The number of fused-ring (bicyclic) bond motifs is 5. The predicted octanol–water partition coefficient (Wildman–Crippen LogP) is 5.25. The van der Waals surface area contributed by atoms with Gasteiger partial charge in [-0.3, -0.25) is 9.89 Å². The molecule has 0 amide bonds. The van der Waals surface area contributed by atoms with Gasteiger partial charge in [-0.1, -0.05) is 18.1 Å². The van der Waals surface area contributed by atoms with Crippen molar-refractivity contribution in [3.8, 4) is 18.1 Å². The average molecular weight is 667 g/mol. The molecule has 2 aromatic carbocycles. The second-order valence-corrected chi connectivity index (χ2v) is 14.1. The van der Waals surface area contributed by atoms with E-state index in [1.807, 2.05) is 4.90 Å². The third kappa shape index (κ3) is 4.82. The lowest BCUT2D eigenvalue weighted by atomic mass is 9.73. The molecule has 8 nitrogen and oxygen atoms in total. The van der Waals surface area contributed by atoms with Gasteiger partial charge in [-0.2, -0.15) is 23.2 Å². The summed E-state index contributed by atoms with van der Waals surface area (Å²) in [5, 5.41) is 14.8. The second kappa shape index (κ2) is 11.0. The standard InChI is InChI=1S/C35H35F5N6O2/c1-3-19-6-4-7-20-12-24(47)13-25(26(19)20)28-27(37)29-33(2,30(42-28)35(38,39)40)31(45-16-22-8-9-23(17-45)41-22)44-32(43-29)48-18-34-10-5-11-46(34)15-21(36)14-34/h1,4,6-7,12-13,21-23,30,41,47H,5,8-11,14-18H2,2H3/t21-,22?,23?,30?,33?,34+/m1/s1. The fourth-order valence-electron chi connectivity index (χ4n) is 8.89. The summed E-state index contributed by atoms with van der Waals surface area (Å²) < 4.78 is 83.8. The number of aliphatic imine (C=N–C) groups is 3. The van der Waals surface area contributed by atoms with E-state index < -0.39 is 46.6 Å². The Labute approximate surface area is 274 Å². The van der Waals surface area contributed by atoms with E-state index in [2.05, 4.69) is 26.2 Å². The molecule has 0 aromatic heterocycles. The van der Waals surface area contributed by atoms with Crippen LogP contribution < -0.4 is 5.32 Å². The normalized spacial score (nSPS) is 33.3. The van der Waals surface area contributed by atoms with Crippen LogP contribution in [0.15, 0.2) is 56.8 Å². The Morgan fingerprint density at radius 2 is 1.92 bits per heavy atom. The van der Waals surface area contributed by atoms with Crippen LogP contribution in [0.4, 0.5) is 22.0 Å². The molecule has 2 aromatic rings. The number of dihydropyridines is 1. The minimum Gasteiger partial charge on any atom is -0.508 e. The Kier molecular flexibility index (Phi) is 7.16. The van der Waals surface area contributed by atoms with Crippen molar-refractivity contribution in [2.24, 2.45) is 20.4 Å². The summed E-state index contributed by atoms with van der Waals surface area (Å²) >= 11 is 0. The maximum atomic E-state index is 17.2. The minimum atomic E-state index is -4.95. The lowest BCUT2D eigenvalue weighted by Crippen LogP contribution is -2.62. The summed E-state index contributed by atoms with van der Waals surface area (Å²) in [6.45, 7) is 3.07. The number of halogens is 5. The fourth-order valence-corrected chi connectivity index (χ4v) is 8.89. The van der Waals surface area contributed by atoms with Crippen molar-refractivity contribution in [1.82, 2.24) is 15.1 Å². The molecule has 2 bridgehead atoms. The highest BCUT2D eigenvalue weighted by Crippen LogP contribution is 2.51. The molecule has 6 aliphatic heterocycles. The molecule has 48 heavy (non-hydrogen) atoms. The van der Waals surface area contributed by atoms with Crippen LogP contribution in [0, 0.1) is 17.8 Å². The number of hydrogen-bond donors (Lipinski definition) is 2. The molecule has 0 spiro atoms. The molecule has 0 aliphatic carbocycles. The molecule has 4 unspecified atom stereocenters. The van der Waals surface area contributed by atoms with Gasteiger partial charge in [0.25, 0.3) is 0 Å². The Balaban J connectivity index is 1.30. The van der Waals surface area contributed by atoms with Crippen LogP contribution >= 0.6 is 0 Å². The fraction of sp³-hybridized carbons (Fsp3) is 0.514. The summed E-state index contributed by atoms with van der Waals surface area (Å²) in [7, 11) is 0. The molecular weight excluding hydrogens is 631 g/mol. The number of ether oxygens (including phenoxy) is 1. The monoisotopic (exact) mass is 666 g/mol. The van der Waals surface area contributed by atoms with Crippen molar-refractivity contribution in [1.29, 1.82) is 0 Å². The molecule has 4 fully saturated rings. The number of piperazine rings is 1. The molecule has 6 atom stereocenters. The third-order valence-electron chi connectivity index (χ3n) is 11.0. The van der Waals surface area contributed by atoms with Gasteiger partial charge in [0.1, 0.15) is 35.5 Å². The number of amidine groups is 2. The predicted molar refractivity (Wildman–Crippen MR) is 172 cm³/mol. The van der Waals surface area contributed by atoms with Crippen LogP contribution in [0.25, 0.3) is 10.8 Å². The Hall–Kier alpha value is -4.02. The topological polar surface area (TPSA) is 85.0 Å². The van der Waals surface area contributed by atoms with Crippen molar-refractivity contribution >= 4 is 28.3 Å². The maximum absolute atomic E-state index is 17.2. The van der Waals surface area contributed by atoms with Gasteiger partial charge in [-0.05, 0) is 62.7 Å². The number of phenolic OH excluding ortho intramolecular Hbond substituents is 1. The molecule has 4 saturated heterocycles. The summed E-state index contributed by atoms with van der Waals surface area (Å²) in [6, 6.07) is 4.77. The number of aromatic hydroxyl groups is 1. The molecule has 0 radical (unpaired) electrons. The van der Waals surface area contributed by atoms with Gasteiger partial charge in [-0.25, -0.2) is 8.78 Å². The number of allylic oxidation sites excluding steroid dienone is 1. The van der Waals surface area contributed by atoms with Crippen LogP contribution in [0.2, 0.25) is 0 Å². The van der Waals surface area contributed by atoms with Gasteiger partial charge in [0.05, 0.1) is 11.2 Å². The summed E-state index contributed by atoms with van der Waals surface area (Å²) in [6.07, 6.45) is 3.33. The van der Waals surface area contributed by atoms with Crippen molar-refractivity contribution in [3.63, 3.8) is 0 Å². The van der Waals surface area contributed by atoms with Crippen molar-refractivity contribution < 1.29 is 31.8 Å². The maximum Gasteiger partial charge on any atom is 0.412 e. The van der Waals surface area contributed by atoms with Gasteiger partial charge >= 0.3 is 12.2 Å². The largest absolute Gasteiger partial charge is 0.508 e. The average Bonchev–Trinajstić information content (AvgIpc) is 3.68. The number of hydrogen-bond acceptors (Lipinski definition) is 8. The Morgan fingerprint density at radius 1 is 1.15 bits per heavy atom. The molecule has 6 aliphatic rings. The number of phenols is 1. The first-order valence-corrected chi connectivity index (χ1v) is 16.4.